The monoisotopic (exact) mass is 368 g/mol. The first kappa shape index (κ1) is 18.0. The fourth-order valence-electron chi connectivity index (χ4n) is 6.40. The summed E-state index contributed by atoms with van der Waals surface area (Å²) in [5.74, 6) is 0.724. The van der Waals surface area contributed by atoms with Gasteiger partial charge in [-0.3, -0.25) is 14.9 Å². The molecule has 1 aromatic rings. The maximum atomic E-state index is 12.3. The zero-order valence-electron chi connectivity index (χ0n) is 15.7. The summed E-state index contributed by atoms with van der Waals surface area (Å²) in [7, 11) is 1.61. The van der Waals surface area contributed by atoms with Crippen LogP contribution in [0.5, 0.6) is 5.75 Å². The largest absolute Gasteiger partial charge is 0.497 e. The number of Topliss-reactive ketones (excluding diaryl/α,β-unsaturated/α-hetero) is 1. The molecule has 0 unspecified atom stereocenters. The second-order valence-corrected chi connectivity index (χ2v) is 8.62. The Balaban J connectivity index is 1.90. The molecule has 0 aliphatic heterocycles. The van der Waals surface area contributed by atoms with E-state index in [9.17, 15) is 20.2 Å². The highest BCUT2D eigenvalue weighted by Gasteiger charge is 2.65. The highest BCUT2D eigenvalue weighted by Crippen LogP contribution is 2.63. The summed E-state index contributed by atoms with van der Waals surface area (Å²) in [6.07, 6.45) is 3.15. The van der Waals surface area contributed by atoms with Crippen molar-refractivity contribution in [2.45, 2.75) is 56.9 Å². The maximum absolute atomic E-state index is 12.3. The average Bonchev–Trinajstić information content (AvgIpc) is 2.65. The number of benzene rings is 1. The third kappa shape index (κ3) is 2.40. The van der Waals surface area contributed by atoms with Crippen molar-refractivity contribution >= 4 is 5.78 Å². The van der Waals surface area contributed by atoms with Crippen molar-refractivity contribution in [3.8, 4) is 11.8 Å². The van der Waals surface area contributed by atoms with Gasteiger partial charge in [0.15, 0.2) is 0 Å². The van der Waals surface area contributed by atoms with Crippen LogP contribution < -0.4 is 4.74 Å². The molecule has 0 saturated heterocycles. The fourth-order valence-corrected chi connectivity index (χ4v) is 6.40. The number of ether oxygens (including phenoxy) is 1. The molecule has 3 aliphatic carbocycles. The molecule has 6 heteroatoms. The van der Waals surface area contributed by atoms with Gasteiger partial charge in [0.05, 0.1) is 18.6 Å². The topological polar surface area (TPSA) is 93.2 Å². The number of nitrogens with zero attached hydrogens (tertiary/aromatic N) is 2. The fraction of sp³-hybridized carbons (Fsp3) is 0.619. The molecule has 0 amide bonds. The molecule has 4 rings (SSSR count). The van der Waals surface area contributed by atoms with Gasteiger partial charge in [-0.2, -0.15) is 5.26 Å². The lowest BCUT2D eigenvalue weighted by molar-refractivity contribution is -0.545. The van der Waals surface area contributed by atoms with Gasteiger partial charge in [-0.15, -0.1) is 0 Å². The Kier molecular flexibility index (Phi) is 4.03. The van der Waals surface area contributed by atoms with Gasteiger partial charge in [-0.25, -0.2) is 0 Å². The van der Waals surface area contributed by atoms with Crippen LogP contribution in [0.2, 0.25) is 0 Å². The van der Waals surface area contributed by atoms with E-state index in [2.05, 4.69) is 6.07 Å². The summed E-state index contributed by atoms with van der Waals surface area (Å²) < 4.78 is 5.33. The first-order chi connectivity index (χ1) is 12.9. The predicted octanol–water partition coefficient (Wildman–Crippen LogP) is 3.44. The highest BCUT2D eigenvalue weighted by atomic mass is 16.6. The van der Waals surface area contributed by atoms with E-state index in [1.54, 1.807) is 7.11 Å². The Labute approximate surface area is 158 Å². The van der Waals surface area contributed by atoms with Gasteiger partial charge in [0.25, 0.3) is 0 Å². The van der Waals surface area contributed by atoms with Crippen molar-refractivity contribution in [3.63, 3.8) is 0 Å². The van der Waals surface area contributed by atoms with Gasteiger partial charge in [-0.1, -0.05) is 13.0 Å². The summed E-state index contributed by atoms with van der Waals surface area (Å²) in [4.78, 5) is 24.1. The van der Waals surface area contributed by atoms with Crippen LogP contribution in [-0.4, -0.2) is 23.9 Å². The third-order valence-corrected chi connectivity index (χ3v) is 7.51. The van der Waals surface area contributed by atoms with Crippen molar-refractivity contribution in [1.29, 1.82) is 5.26 Å². The van der Waals surface area contributed by atoms with E-state index < -0.39 is 16.9 Å². The van der Waals surface area contributed by atoms with Gasteiger partial charge >= 0.3 is 0 Å². The second kappa shape index (κ2) is 6.05. The van der Waals surface area contributed by atoms with E-state index in [0.29, 0.717) is 19.3 Å². The molecule has 3 aliphatic rings. The van der Waals surface area contributed by atoms with Crippen LogP contribution >= 0.6 is 0 Å². The second-order valence-electron chi connectivity index (χ2n) is 8.62. The SMILES string of the molecule is COc1ccc2c(c1)CC[C@@H]1[C@@]3(C)CC(=O)CC[C@@H]3[C@@H]([N+](=O)[O-])C[C@]21C#N. The first-order valence-corrected chi connectivity index (χ1v) is 9.59. The lowest BCUT2D eigenvalue weighted by Gasteiger charge is -2.58. The molecule has 0 aromatic heterocycles. The van der Waals surface area contributed by atoms with Gasteiger partial charge in [0.1, 0.15) is 11.5 Å². The van der Waals surface area contributed by atoms with Gasteiger partial charge in [0, 0.05) is 30.1 Å². The zero-order chi connectivity index (χ0) is 19.4. The number of hydrogen-bond acceptors (Lipinski definition) is 5. The lowest BCUT2D eigenvalue weighted by Crippen LogP contribution is -2.62. The first-order valence-electron chi connectivity index (χ1n) is 9.59. The molecule has 27 heavy (non-hydrogen) atoms. The van der Waals surface area contributed by atoms with E-state index in [1.165, 1.54) is 0 Å². The lowest BCUT2D eigenvalue weighted by atomic mass is 9.43. The quantitative estimate of drug-likeness (QED) is 0.589. The predicted molar refractivity (Wildman–Crippen MR) is 98.0 cm³/mol. The standard InChI is InChI=1S/C21H24N2O4/c1-20-10-14(24)4-6-17(20)18(23(25)26)11-21(12-22)16-7-5-15(27-2)9-13(16)3-8-19(20)21/h5,7,9,17-19H,3-4,6,8,10-11H2,1-2H3/t17-,18+,19-,20+,21+/m1/s1. The van der Waals surface area contributed by atoms with Crippen LogP contribution in [-0.2, 0) is 16.6 Å². The summed E-state index contributed by atoms with van der Waals surface area (Å²) in [5.41, 5.74) is 0.518. The van der Waals surface area contributed by atoms with Crippen molar-refractivity contribution in [1.82, 2.24) is 0 Å². The Morgan fingerprint density at radius 3 is 2.78 bits per heavy atom. The molecule has 0 radical (unpaired) electrons. The normalized spacial score (nSPS) is 37.4. The van der Waals surface area contributed by atoms with Crippen LogP contribution in [0.15, 0.2) is 18.2 Å². The molecular formula is C21H24N2O4. The van der Waals surface area contributed by atoms with E-state index in [0.717, 1.165) is 29.7 Å². The summed E-state index contributed by atoms with van der Waals surface area (Å²) in [5, 5.41) is 22.3. The van der Waals surface area contributed by atoms with Gasteiger partial charge in [0.2, 0.25) is 6.04 Å². The van der Waals surface area contributed by atoms with E-state index in [4.69, 9.17) is 4.74 Å². The molecule has 6 nitrogen and oxygen atoms in total. The number of rotatable bonds is 2. The van der Waals surface area contributed by atoms with Crippen molar-refractivity contribution < 1.29 is 14.5 Å². The van der Waals surface area contributed by atoms with Gasteiger partial charge in [-0.05, 0) is 53.9 Å². The highest BCUT2D eigenvalue weighted by molar-refractivity contribution is 5.80. The van der Waals surface area contributed by atoms with Crippen molar-refractivity contribution in [2.75, 3.05) is 7.11 Å². The molecule has 0 spiro atoms. The molecule has 142 valence electrons. The minimum Gasteiger partial charge on any atom is -0.497 e. The molecule has 2 saturated carbocycles. The number of aryl methyl sites for hydroxylation is 1. The molecule has 0 bridgehead atoms. The number of nitro groups is 1. The number of hydrogen-bond donors (Lipinski definition) is 0. The molecule has 5 atom stereocenters. The van der Waals surface area contributed by atoms with Crippen LogP contribution in [0.3, 0.4) is 0 Å². The average molecular weight is 368 g/mol. The molecule has 2 fully saturated rings. The van der Waals surface area contributed by atoms with E-state index >= 15 is 0 Å². The number of fused-ring (bicyclic) bond motifs is 5. The summed E-state index contributed by atoms with van der Waals surface area (Å²) in [6, 6.07) is 7.43. The number of ketones is 1. The molecular weight excluding hydrogens is 344 g/mol. The Morgan fingerprint density at radius 2 is 2.11 bits per heavy atom. The minimum absolute atomic E-state index is 0.0404. The van der Waals surface area contributed by atoms with Crippen LogP contribution in [0.25, 0.3) is 0 Å². The van der Waals surface area contributed by atoms with E-state index in [-0.39, 0.29) is 29.0 Å². The van der Waals surface area contributed by atoms with E-state index in [1.807, 2.05) is 25.1 Å². The minimum atomic E-state index is -0.916. The Bertz CT molecular complexity index is 860. The summed E-state index contributed by atoms with van der Waals surface area (Å²) >= 11 is 0. The van der Waals surface area contributed by atoms with Crippen molar-refractivity contribution in [3.05, 3.63) is 39.4 Å². The maximum Gasteiger partial charge on any atom is 0.218 e. The third-order valence-electron chi connectivity index (χ3n) is 7.51. The molecule has 0 heterocycles. The smallest absolute Gasteiger partial charge is 0.218 e. The van der Waals surface area contributed by atoms with Crippen LogP contribution in [0, 0.1) is 38.7 Å². The molecule has 0 N–H and O–H groups in total. The van der Waals surface area contributed by atoms with Gasteiger partial charge < -0.3 is 4.74 Å². The van der Waals surface area contributed by atoms with Crippen LogP contribution in [0.4, 0.5) is 0 Å². The van der Waals surface area contributed by atoms with Crippen molar-refractivity contribution in [2.24, 2.45) is 17.3 Å². The Morgan fingerprint density at radius 1 is 1.33 bits per heavy atom. The number of carbonyl (C=O) groups is 1. The number of methoxy groups -OCH3 is 1. The zero-order valence-corrected chi connectivity index (χ0v) is 15.7. The van der Waals surface area contributed by atoms with Crippen LogP contribution in [0.1, 0.15) is 50.2 Å². The summed E-state index contributed by atoms with van der Waals surface area (Å²) in [6.45, 7) is 2.02. The molecule has 1 aromatic carbocycles. The number of nitriles is 1. The number of carbonyl (C=O) groups excluding carboxylic acids is 1. The Hall–Kier alpha value is -2.42.